The molecule has 0 aromatic carbocycles. The van der Waals surface area contributed by atoms with Gasteiger partial charge in [0.1, 0.15) is 0 Å². The Morgan fingerprint density at radius 1 is 1.45 bits per heavy atom. The predicted molar refractivity (Wildman–Crippen MR) is 37.9 cm³/mol. The highest BCUT2D eigenvalue weighted by Gasteiger charge is 2.47. The van der Waals surface area contributed by atoms with Crippen LogP contribution in [-0.4, -0.2) is 22.3 Å². The van der Waals surface area contributed by atoms with Crippen LogP contribution in [0.1, 0.15) is 6.42 Å². The summed E-state index contributed by atoms with van der Waals surface area (Å²) < 4.78 is 0. The summed E-state index contributed by atoms with van der Waals surface area (Å²) in [5, 5.41) is 18.1. The van der Waals surface area contributed by atoms with Crippen LogP contribution in [0.15, 0.2) is 12.2 Å². The fraction of sp³-hybridized carbons (Fsp3) is 0.625. The second kappa shape index (κ2) is 2.08. The van der Waals surface area contributed by atoms with Crippen LogP contribution in [-0.2, 0) is 4.79 Å². The van der Waals surface area contributed by atoms with E-state index in [1.807, 2.05) is 12.2 Å². The summed E-state index contributed by atoms with van der Waals surface area (Å²) >= 11 is 0. The van der Waals surface area contributed by atoms with Gasteiger partial charge in [0.2, 0.25) is 0 Å². The SMILES string of the molecule is O=C(O)C1C2C=CC1C(O)C2. The molecule has 2 aliphatic rings. The molecule has 0 saturated heterocycles. The standard InChI is InChI=1S/C8H10O3/c9-6-3-4-1-2-5(6)7(4)8(10)11/h1-2,4-7,9H,3H2,(H,10,11). The Hall–Kier alpha value is -0.830. The number of aliphatic hydroxyl groups is 1. The average Bonchev–Trinajstić information content (AvgIpc) is 2.41. The Morgan fingerprint density at radius 2 is 2.18 bits per heavy atom. The molecule has 2 aliphatic carbocycles. The van der Waals surface area contributed by atoms with Crippen molar-refractivity contribution in [2.45, 2.75) is 12.5 Å². The summed E-state index contributed by atoms with van der Waals surface area (Å²) in [5.41, 5.74) is 0. The van der Waals surface area contributed by atoms with E-state index in [1.165, 1.54) is 0 Å². The van der Waals surface area contributed by atoms with E-state index in [1.54, 1.807) is 0 Å². The van der Waals surface area contributed by atoms with Crippen LogP contribution in [0.4, 0.5) is 0 Å². The van der Waals surface area contributed by atoms with Gasteiger partial charge in [-0.05, 0) is 12.3 Å². The maximum absolute atomic E-state index is 10.7. The van der Waals surface area contributed by atoms with Gasteiger partial charge >= 0.3 is 5.97 Å². The van der Waals surface area contributed by atoms with Crippen LogP contribution in [0, 0.1) is 17.8 Å². The van der Waals surface area contributed by atoms with Gasteiger partial charge < -0.3 is 10.2 Å². The third-order valence-corrected chi connectivity index (χ3v) is 2.70. The minimum atomic E-state index is -0.776. The minimum Gasteiger partial charge on any atom is -0.481 e. The molecule has 1 saturated carbocycles. The molecule has 0 aromatic heterocycles. The van der Waals surface area contributed by atoms with Gasteiger partial charge in [-0.25, -0.2) is 0 Å². The highest BCUT2D eigenvalue weighted by Crippen LogP contribution is 2.44. The number of fused-ring (bicyclic) bond motifs is 2. The number of hydrogen-bond donors (Lipinski definition) is 2. The fourth-order valence-corrected chi connectivity index (χ4v) is 2.17. The normalized spacial score (nSPS) is 46.6. The van der Waals surface area contributed by atoms with Crippen LogP contribution in [0.5, 0.6) is 0 Å². The zero-order valence-corrected chi connectivity index (χ0v) is 5.97. The van der Waals surface area contributed by atoms with Crippen molar-refractivity contribution in [1.29, 1.82) is 0 Å². The van der Waals surface area contributed by atoms with E-state index in [0.717, 1.165) is 0 Å². The Balaban J connectivity index is 2.24. The average molecular weight is 154 g/mol. The summed E-state index contributed by atoms with van der Waals surface area (Å²) in [4.78, 5) is 10.7. The first-order valence-corrected chi connectivity index (χ1v) is 3.79. The summed E-state index contributed by atoms with van der Waals surface area (Å²) in [6.07, 6.45) is 3.94. The van der Waals surface area contributed by atoms with Crippen LogP contribution >= 0.6 is 0 Å². The molecule has 1 fully saturated rings. The topological polar surface area (TPSA) is 57.5 Å². The largest absolute Gasteiger partial charge is 0.481 e. The Bertz CT molecular complexity index is 221. The molecule has 2 rings (SSSR count). The van der Waals surface area contributed by atoms with Gasteiger partial charge in [-0.2, -0.15) is 0 Å². The zero-order chi connectivity index (χ0) is 8.01. The second-order valence-electron chi connectivity index (χ2n) is 3.29. The van der Waals surface area contributed by atoms with Crippen LogP contribution in [0.3, 0.4) is 0 Å². The highest BCUT2D eigenvalue weighted by molar-refractivity contribution is 5.73. The van der Waals surface area contributed by atoms with Gasteiger partial charge in [0, 0.05) is 5.92 Å². The molecular formula is C8H10O3. The third kappa shape index (κ3) is 0.807. The lowest BCUT2D eigenvalue weighted by atomic mass is 9.97. The van der Waals surface area contributed by atoms with Crippen molar-refractivity contribution in [3.63, 3.8) is 0 Å². The molecule has 4 unspecified atom stereocenters. The number of rotatable bonds is 1. The van der Waals surface area contributed by atoms with Gasteiger partial charge in [-0.15, -0.1) is 0 Å². The van der Waals surface area contributed by atoms with Crippen LogP contribution in [0.25, 0.3) is 0 Å². The van der Waals surface area contributed by atoms with Gasteiger partial charge in [-0.1, -0.05) is 12.2 Å². The number of carbonyl (C=O) groups is 1. The first-order valence-electron chi connectivity index (χ1n) is 3.79. The van der Waals surface area contributed by atoms with Crippen molar-refractivity contribution in [1.82, 2.24) is 0 Å². The highest BCUT2D eigenvalue weighted by atomic mass is 16.4. The van der Waals surface area contributed by atoms with Crippen molar-refractivity contribution in [3.05, 3.63) is 12.2 Å². The van der Waals surface area contributed by atoms with Crippen molar-refractivity contribution >= 4 is 5.97 Å². The molecule has 11 heavy (non-hydrogen) atoms. The van der Waals surface area contributed by atoms with E-state index in [4.69, 9.17) is 5.11 Å². The number of allylic oxidation sites excluding steroid dienone is 1. The predicted octanol–water partition coefficient (Wildman–Crippen LogP) is 0.254. The molecule has 0 radical (unpaired) electrons. The van der Waals surface area contributed by atoms with Crippen molar-refractivity contribution < 1.29 is 15.0 Å². The van der Waals surface area contributed by atoms with E-state index >= 15 is 0 Å². The molecule has 0 amide bonds. The molecular weight excluding hydrogens is 144 g/mol. The van der Waals surface area contributed by atoms with E-state index in [-0.39, 0.29) is 17.8 Å². The van der Waals surface area contributed by atoms with Crippen molar-refractivity contribution in [2.24, 2.45) is 17.8 Å². The summed E-state index contributed by atoms with van der Waals surface area (Å²) in [7, 11) is 0. The molecule has 4 atom stereocenters. The molecule has 0 aromatic rings. The fourth-order valence-electron chi connectivity index (χ4n) is 2.17. The number of carboxylic acid groups (broad SMARTS) is 1. The number of aliphatic hydroxyl groups excluding tert-OH is 1. The third-order valence-electron chi connectivity index (χ3n) is 2.70. The van der Waals surface area contributed by atoms with E-state index < -0.39 is 12.1 Å². The number of carboxylic acids is 1. The quantitative estimate of drug-likeness (QED) is 0.532. The lowest BCUT2D eigenvalue weighted by Crippen LogP contribution is -2.22. The van der Waals surface area contributed by atoms with Gasteiger partial charge in [0.25, 0.3) is 0 Å². The van der Waals surface area contributed by atoms with Crippen LogP contribution in [0.2, 0.25) is 0 Å². The summed E-state index contributed by atoms with van der Waals surface area (Å²) in [6.45, 7) is 0. The van der Waals surface area contributed by atoms with Gasteiger partial charge in [0.15, 0.2) is 0 Å². The smallest absolute Gasteiger partial charge is 0.307 e. The minimum absolute atomic E-state index is 0.0764. The number of aliphatic carboxylic acids is 1. The van der Waals surface area contributed by atoms with E-state index in [0.29, 0.717) is 6.42 Å². The second-order valence-corrected chi connectivity index (χ2v) is 3.29. The van der Waals surface area contributed by atoms with Gasteiger partial charge in [0.05, 0.1) is 12.0 Å². The molecule has 60 valence electrons. The molecule has 0 heterocycles. The van der Waals surface area contributed by atoms with Gasteiger partial charge in [-0.3, -0.25) is 4.79 Å². The zero-order valence-electron chi connectivity index (χ0n) is 5.97. The van der Waals surface area contributed by atoms with E-state index in [9.17, 15) is 9.90 Å². The summed E-state index contributed by atoms with van der Waals surface area (Å²) in [6, 6.07) is 0. The van der Waals surface area contributed by atoms with E-state index in [2.05, 4.69) is 0 Å². The maximum atomic E-state index is 10.7. The summed E-state index contributed by atoms with van der Waals surface area (Å²) in [5.74, 6) is -1.18. The molecule has 2 N–H and O–H groups in total. The lowest BCUT2D eigenvalue weighted by molar-refractivity contribution is -0.143. The maximum Gasteiger partial charge on any atom is 0.307 e. The first kappa shape index (κ1) is 6.85. The van der Waals surface area contributed by atoms with Crippen molar-refractivity contribution in [3.8, 4) is 0 Å². The van der Waals surface area contributed by atoms with Crippen LogP contribution < -0.4 is 0 Å². The first-order chi connectivity index (χ1) is 5.20. The lowest BCUT2D eigenvalue weighted by Gasteiger charge is -2.11. The Morgan fingerprint density at radius 3 is 2.45 bits per heavy atom. The molecule has 3 heteroatoms. The monoisotopic (exact) mass is 154 g/mol. The molecule has 2 bridgehead atoms. The molecule has 3 nitrogen and oxygen atoms in total. The number of hydrogen-bond acceptors (Lipinski definition) is 2. The Labute approximate surface area is 64.3 Å². The Kier molecular flexibility index (Phi) is 1.29. The molecule has 0 spiro atoms. The molecule has 0 aliphatic heterocycles. The van der Waals surface area contributed by atoms with Crippen molar-refractivity contribution in [2.75, 3.05) is 0 Å².